The zero-order valence-electron chi connectivity index (χ0n) is 16.8. The van der Waals surface area contributed by atoms with E-state index in [9.17, 15) is 14.4 Å². The highest BCUT2D eigenvalue weighted by Gasteiger charge is 2.35. The number of nitrogens with one attached hydrogen (secondary N) is 1. The van der Waals surface area contributed by atoms with E-state index in [0.717, 1.165) is 33.4 Å². The standard InChI is InChI=1S/C24H23N3O3/c1-2-3-13-27-23(29)20(22(28)25-24(27)30)14-18-16-26(15-17-9-5-4-6-10-17)21-12-8-7-11-19(18)21/h4-12,14,16H,2-3,13,15H2,1H3,(H,25,28,30)/b20-14+. The Morgan fingerprint density at radius 2 is 1.70 bits per heavy atom. The number of fused-ring (bicyclic) bond motifs is 1. The van der Waals surface area contributed by atoms with Crippen molar-refractivity contribution in [1.82, 2.24) is 14.8 Å². The first kappa shape index (κ1) is 19.6. The molecule has 0 radical (unpaired) electrons. The van der Waals surface area contributed by atoms with Crippen LogP contribution in [-0.4, -0.2) is 33.9 Å². The number of para-hydroxylation sites is 1. The third-order valence-electron chi connectivity index (χ3n) is 5.24. The Morgan fingerprint density at radius 1 is 0.967 bits per heavy atom. The molecular formula is C24H23N3O3. The number of amides is 4. The minimum Gasteiger partial charge on any atom is -0.342 e. The second-order valence-corrected chi connectivity index (χ2v) is 7.34. The normalized spacial score (nSPS) is 15.8. The lowest BCUT2D eigenvalue weighted by atomic mass is 10.1. The van der Waals surface area contributed by atoms with Gasteiger partial charge in [-0.05, 0) is 24.1 Å². The molecule has 0 spiro atoms. The number of rotatable bonds is 6. The topological polar surface area (TPSA) is 71.4 Å². The van der Waals surface area contributed by atoms with Gasteiger partial charge in [-0.2, -0.15) is 0 Å². The van der Waals surface area contributed by atoms with Crippen LogP contribution in [0, 0.1) is 0 Å². The Balaban J connectivity index is 1.74. The minimum absolute atomic E-state index is 0.0201. The molecule has 30 heavy (non-hydrogen) atoms. The van der Waals surface area contributed by atoms with Crippen LogP contribution in [0.25, 0.3) is 17.0 Å². The van der Waals surface area contributed by atoms with Gasteiger partial charge in [-0.25, -0.2) is 4.79 Å². The SMILES string of the molecule is CCCCN1C(=O)NC(=O)/C(=C\c2cn(Cc3ccccc3)c3ccccc23)C1=O. The summed E-state index contributed by atoms with van der Waals surface area (Å²) in [5.74, 6) is -1.20. The number of benzene rings is 2. The van der Waals surface area contributed by atoms with Gasteiger partial charge >= 0.3 is 6.03 Å². The number of unbranched alkanes of at least 4 members (excludes halogenated alkanes) is 1. The summed E-state index contributed by atoms with van der Waals surface area (Å²) in [6.07, 6.45) is 5.07. The molecule has 0 unspecified atom stereocenters. The number of carbonyl (C=O) groups excluding carboxylic acids is 3. The van der Waals surface area contributed by atoms with Crippen molar-refractivity contribution in [1.29, 1.82) is 0 Å². The summed E-state index contributed by atoms with van der Waals surface area (Å²) in [4.78, 5) is 38.5. The van der Waals surface area contributed by atoms with Crippen LogP contribution < -0.4 is 5.32 Å². The lowest BCUT2D eigenvalue weighted by Gasteiger charge is -2.26. The van der Waals surface area contributed by atoms with E-state index in [1.807, 2.05) is 55.6 Å². The van der Waals surface area contributed by atoms with E-state index in [1.54, 1.807) is 6.08 Å². The maximum absolute atomic E-state index is 12.9. The van der Waals surface area contributed by atoms with Crippen molar-refractivity contribution in [2.24, 2.45) is 0 Å². The van der Waals surface area contributed by atoms with Crippen molar-refractivity contribution >= 4 is 34.8 Å². The fraction of sp³-hybridized carbons (Fsp3) is 0.208. The summed E-state index contributed by atoms with van der Waals surface area (Å²) in [5.41, 5.74) is 2.91. The summed E-state index contributed by atoms with van der Waals surface area (Å²) in [6.45, 7) is 2.95. The van der Waals surface area contributed by atoms with Crippen LogP contribution in [0.1, 0.15) is 30.9 Å². The molecule has 6 heteroatoms. The highest BCUT2D eigenvalue weighted by Crippen LogP contribution is 2.26. The summed E-state index contributed by atoms with van der Waals surface area (Å²) in [5, 5.41) is 3.23. The van der Waals surface area contributed by atoms with E-state index in [0.29, 0.717) is 19.5 Å². The number of hydrogen-bond donors (Lipinski definition) is 1. The van der Waals surface area contributed by atoms with Gasteiger partial charge in [-0.3, -0.25) is 19.8 Å². The van der Waals surface area contributed by atoms with Gasteiger partial charge in [-0.15, -0.1) is 0 Å². The first-order valence-electron chi connectivity index (χ1n) is 10.1. The van der Waals surface area contributed by atoms with Gasteiger partial charge in [0, 0.05) is 35.8 Å². The Kier molecular flexibility index (Phi) is 5.48. The Hall–Kier alpha value is -3.67. The van der Waals surface area contributed by atoms with Crippen molar-refractivity contribution in [2.45, 2.75) is 26.3 Å². The van der Waals surface area contributed by atoms with Crippen LogP contribution in [0.5, 0.6) is 0 Å². The van der Waals surface area contributed by atoms with Gasteiger partial charge < -0.3 is 4.57 Å². The molecule has 1 N–H and O–H groups in total. The quantitative estimate of drug-likeness (QED) is 0.502. The molecular weight excluding hydrogens is 378 g/mol. The highest BCUT2D eigenvalue weighted by atomic mass is 16.2. The molecule has 152 valence electrons. The third-order valence-corrected chi connectivity index (χ3v) is 5.24. The third kappa shape index (κ3) is 3.76. The second kappa shape index (κ2) is 8.37. The van der Waals surface area contributed by atoms with Crippen molar-refractivity contribution in [3.05, 3.63) is 77.5 Å². The fourth-order valence-electron chi connectivity index (χ4n) is 3.67. The number of barbiturate groups is 1. The predicted molar refractivity (Wildman–Crippen MR) is 116 cm³/mol. The zero-order valence-corrected chi connectivity index (χ0v) is 16.8. The number of urea groups is 1. The van der Waals surface area contributed by atoms with Gasteiger partial charge in [0.05, 0.1) is 0 Å². The molecule has 1 aromatic heterocycles. The van der Waals surface area contributed by atoms with E-state index < -0.39 is 17.8 Å². The lowest BCUT2D eigenvalue weighted by Crippen LogP contribution is -2.54. The zero-order chi connectivity index (χ0) is 21.1. The van der Waals surface area contributed by atoms with Gasteiger partial charge in [0.15, 0.2) is 0 Å². The molecule has 0 saturated carbocycles. The maximum atomic E-state index is 12.9. The van der Waals surface area contributed by atoms with Gasteiger partial charge in [0.25, 0.3) is 11.8 Å². The van der Waals surface area contributed by atoms with E-state index >= 15 is 0 Å². The fourth-order valence-corrected chi connectivity index (χ4v) is 3.67. The van der Waals surface area contributed by atoms with Gasteiger partial charge in [-0.1, -0.05) is 61.9 Å². The van der Waals surface area contributed by atoms with Crippen LogP contribution in [0.3, 0.4) is 0 Å². The van der Waals surface area contributed by atoms with E-state index in [2.05, 4.69) is 22.0 Å². The van der Waals surface area contributed by atoms with E-state index in [-0.39, 0.29) is 5.57 Å². The number of hydrogen-bond acceptors (Lipinski definition) is 3. The molecule has 2 heterocycles. The molecule has 4 rings (SSSR count). The summed E-state index contributed by atoms with van der Waals surface area (Å²) >= 11 is 0. The number of carbonyl (C=O) groups is 3. The smallest absolute Gasteiger partial charge is 0.331 e. The van der Waals surface area contributed by atoms with Crippen LogP contribution in [0.2, 0.25) is 0 Å². The molecule has 1 saturated heterocycles. The number of aromatic nitrogens is 1. The van der Waals surface area contributed by atoms with Crippen molar-refractivity contribution in [3.63, 3.8) is 0 Å². The molecule has 1 aliphatic heterocycles. The Bertz CT molecular complexity index is 1140. The van der Waals surface area contributed by atoms with Crippen LogP contribution in [-0.2, 0) is 16.1 Å². The van der Waals surface area contributed by atoms with Crippen molar-refractivity contribution in [3.8, 4) is 0 Å². The summed E-state index contributed by atoms with van der Waals surface area (Å²) in [6, 6.07) is 17.3. The number of nitrogens with zero attached hydrogens (tertiary/aromatic N) is 2. The van der Waals surface area contributed by atoms with Crippen molar-refractivity contribution in [2.75, 3.05) is 6.54 Å². The molecule has 1 aliphatic rings. The maximum Gasteiger partial charge on any atom is 0.331 e. The van der Waals surface area contributed by atoms with Crippen LogP contribution >= 0.6 is 0 Å². The molecule has 1 fully saturated rings. The van der Waals surface area contributed by atoms with Gasteiger partial charge in [0.1, 0.15) is 5.57 Å². The molecule has 3 aromatic rings. The highest BCUT2D eigenvalue weighted by molar-refractivity contribution is 6.31. The van der Waals surface area contributed by atoms with Gasteiger partial charge in [0.2, 0.25) is 0 Å². The molecule has 0 aliphatic carbocycles. The molecule has 2 aromatic carbocycles. The molecule has 4 amide bonds. The second-order valence-electron chi connectivity index (χ2n) is 7.34. The summed E-state index contributed by atoms with van der Waals surface area (Å²) < 4.78 is 2.10. The van der Waals surface area contributed by atoms with E-state index in [1.165, 1.54) is 0 Å². The average molecular weight is 401 g/mol. The monoisotopic (exact) mass is 401 g/mol. The number of imide groups is 2. The van der Waals surface area contributed by atoms with Crippen LogP contribution in [0.4, 0.5) is 4.79 Å². The molecule has 6 nitrogen and oxygen atoms in total. The van der Waals surface area contributed by atoms with Crippen LogP contribution in [0.15, 0.2) is 66.4 Å². The van der Waals surface area contributed by atoms with Crippen molar-refractivity contribution < 1.29 is 14.4 Å². The first-order valence-corrected chi connectivity index (χ1v) is 10.1. The predicted octanol–water partition coefficient (Wildman–Crippen LogP) is 3.95. The lowest BCUT2D eigenvalue weighted by molar-refractivity contribution is -0.130. The average Bonchev–Trinajstić information content (AvgIpc) is 3.09. The minimum atomic E-state index is -0.655. The Labute approximate surface area is 174 Å². The first-order chi connectivity index (χ1) is 14.6. The van der Waals surface area contributed by atoms with E-state index in [4.69, 9.17) is 0 Å². The summed E-state index contributed by atoms with van der Waals surface area (Å²) in [7, 11) is 0. The molecule has 0 atom stereocenters. The molecule has 0 bridgehead atoms. The largest absolute Gasteiger partial charge is 0.342 e. The Morgan fingerprint density at radius 3 is 2.47 bits per heavy atom.